The van der Waals surface area contributed by atoms with Gasteiger partial charge in [-0.3, -0.25) is 9.79 Å². The normalized spacial score (nSPS) is 29.0. The molecule has 6 nitrogen and oxygen atoms in total. The van der Waals surface area contributed by atoms with E-state index < -0.39 is 40.5 Å². The van der Waals surface area contributed by atoms with Crippen LogP contribution in [-0.2, 0) is 5.54 Å². The minimum atomic E-state index is -3.30. The molecule has 1 saturated carbocycles. The standard InChI is InChI=1S/C19H16ClF3N4O2S/c1-17(15-18(8-28,19(15,22)23)30-16(24)27-17)11-6-10(3-4-12(11)21)26-14(29)13-5-2-9(20)7-25-13/h2-7,15,28H,8H2,1H3,(H2,24,27)(H,26,29)/t15?,17-,18-/m1/s1. The Balaban J connectivity index is 1.71. The van der Waals surface area contributed by atoms with Crippen molar-refractivity contribution in [2.24, 2.45) is 16.6 Å². The molecule has 0 saturated heterocycles. The second-order valence-corrected chi connectivity index (χ2v) is 9.10. The molecule has 2 aromatic rings. The minimum absolute atomic E-state index is 0.0702. The third-order valence-electron chi connectivity index (χ3n) is 5.47. The second kappa shape index (κ2) is 6.86. The third kappa shape index (κ3) is 2.97. The van der Waals surface area contributed by atoms with Gasteiger partial charge >= 0.3 is 0 Å². The number of amidine groups is 1. The first-order valence-electron chi connectivity index (χ1n) is 8.81. The number of aliphatic hydroxyl groups is 1. The number of rotatable bonds is 4. The molecule has 1 aliphatic carbocycles. The molecule has 1 amide bonds. The third-order valence-corrected chi connectivity index (χ3v) is 6.99. The van der Waals surface area contributed by atoms with Gasteiger partial charge in [-0.05, 0) is 37.3 Å². The highest BCUT2D eigenvalue weighted by atomic mass is 35.5. The summed E-state index contributed by atoms with van der Waals surface area (Å²) < 4.78 is 42.3. The molecule has 0 spiro atoms. The molecule has 3 atom stereocenters. The summed E-state index contributed by atoms with van der Waals surface area (Å²) in [7, 11) is 0. The van der Waals surface area contributed by atoms with Gasteiger partial charge in [-0.15, -0.1) is 0 Å². The summed E-state index contributed by atoms with van der Waals surface area (Å²) in [6.45, 7) is 0.516. The van der Waals surface area contributed by atoms with Crippen LogP contribution in [0.25, 0.3) is 0 Å². The molecule has 30 heavy (non-hydrogen) atoms. The van der Waals surface area contributed by atoms with E-state index in [9.17, 15) is 23.1 Å². The maximum absolute atomic E-state index is 14.7. The number of anilines is 1. The van der Waals surface area contributed by atoms with Crippen molar-refractivity contribution >= 4 is 40.1 Å². The van der Waals surface area contributed by atoms with Crippen molar-refractivity contribution in [3.63, 3.8) is 0 Å². The zero-order valence-corrected chi connectivity index (χ0v) is 17.1. The molecule has 4 N–H and O–H groups in total. The summed E-state index contributed by atoms with van der Waals surface area (Å²) in [4.78, 5) is 20.4. The predicted molar refractivity (Wildman–Crippen MR) is 108 cm³/mol. The lowest BCUT2D eigenvalue weighted by Crippen LogP contribution is -2.37. The monoisotopic (exact) mass is 456 g/mol. The molecular weight excluding hydrogens is 441 g/mol. The average Bonchev–Trinajstić information content (AvgIpc) is 3.19. The number of nitrogens with zero attached hydrogens (tertiary/aromatic N) is 2. The lowest BCUT2D eigenvalue weighted by molar-refractivity contribution is 0.0685. The van der Waals surface area contributed by atoms with Crippen molar-refractivity contribution in [2.45, 2.75) is 23.1 Å². The van der Waals surface area contributed by atoms with E-state index in [1.165, 1.54) is 37.4 Å². The van der Waals surface area contributed by atoms with Gasteiger partial charge in [-0.2, -0.15) is 0 Å². The van der Waals surface area contributed by atoms with Crippen LogP contribution in [0.1, 0.15) is 23.0 Å². The van der Waals surface area contributed by atoms with Crippen LogP contribution in [0, 0.1) is 11.7 Å². The predicted octanol–water partition coefficient (Wildman–Crippen LogP) is 3.40. The number of hydrogen-bond acceptors (Lipinski definition) is 6. The van der Waals surface area contributed by atoms with Crippen molar-refractivity contribution in [1.82, 2.24) is 4.98 Å². The molecule has 2 heterocycles. The number of aliphatic imine (C=N–C) groups is 1. The molecular formula is C19H16ClF3N4O2S. The van der Waals surface area contributed by atoms with Gasteiger partial charge in [0.05, 0.1) is 23.1 Å². The van der Waals surface area contributed by atoms with Crippen molar-refractivity contribution in [3.8, 4) is 0 Å². The van der Waals surface area contributed by atoms with Crippen LogP contribution >= 0.6 is 23.4 Å². The van der Waals surface area contributed by atoms with Gasteiger partial charge in [0.15, 0.2) is 5.17 Å². The van der Waals surface area contributed by atoms with Crippen molar-refractivity contribution in [1.29, 1.82) is 0 Å². The van der Waals surface area contributed by atoms with Gasteiger partial charge in [0.2, 0.25) is 0 Å². The number of benzene rings is 1. The molecule has 0 radical (unpaired) electrons. The molecule has 158 valence electrons. The molecule has 4 rings (SSSR count). The number of nitrogens with two attached hydrogens (primary N) is 1. The molecule has 1 fully saturated rings. The number of aliphatic hydroxyl groups excluding tert-OH is 1. The van der Waals surface area contributed by atoms with E-state index in [0.29, 0.717) is 16.8 Å². The number of thioether (sulfide) groups is 1. The van der Waals surface area contributed by atoms with E-state index in [0.717, 1.165) is 6.07 Å². The Bertz CT molecular complexity index is 1070. The van der Waals surface area contributed by atoms with E-state index in [2.05, 4.69) is 15.3 Å². The molecule has 1 unspecified atom stereocenters. The van der Waals surface area contributed by atoms with Crippen LogP contribution in [0.3, 0.4) is 0 Å². The molecule has 1 aliphatic heterocycles. The number of nitrogens with one attached hydrogen (secondary N) is 1. The Morgan fingerprint density at radius 1 is 1.37 bits per heavy atom. The van der Waals surface area contributed by atoms with E-state index >= 15 is 0 Å². The SMILES string of the molecule is C[C@]1(c2cc(NC(=O)c3ccc(Cl)cn3)ccc2F)N=C(N)S[C@]2(CO)C1C2(F)F. The van der Waals surface area contributed by atoms with Crippen molar-refractivity contribution in [3.05, 3.63) is 58.6 Å². The van der Waals surface area contributed by atoms with E-state index in [4.69, 9.17) is 17.3 Å². The highest BCUT2D eigenvalue weighted by molar-refractivity contribution is 8.15. The summed E-state index contributed by atoms with van der Waals surface area (Å²) in [5, 5.41) is 12.4. The number of fused-ring (bicyclic) bond motifs is 1. The average molecular weight is 457 g/mol. The smallest absolute Gasteiger partial charge is 0.274 e. The summed E-state index contributed by atoms with van der Waals surface area (Å²) in [5.74, 6) is -6.13. The number of halogens is 4. The quantitative estimate of drug-likeness (QED) is 0.654. The number of aromatic nitrogens is 1. The van der Waals surface area contributed by atoms with E-state index in [-0.39, 0.29) is 22.1 Å². The number of amides is 1. The maximum Gasteiger partial charge on any atom is 0.274 e. The van der Waals surface area contributed by atoms with Gasteiger partial charge in [0, 0.05) is 17.4 Å². The molecule has 11 heteroatoms. The van der Waals surface area contributed by atoms with Crippen LogP contribution in [0.15, 0.2) is 41.5 Å². The first kappa shape index (κ1) is 21.0. The van der Waals surface area contributed by atoms with Crippen LogP contribution in [0.5, 0.6) is 0 Å². The molecule has 1 aromatic carbocycles. The Labute approximate surface area is 178 Å². The highest BCUT2D eigenvalue weighted by Gasteiger charge is 2.87. The Morgan fingerprint density at radius 2 is 2.10 bits per heavy atom. The van der Waals surface area contributed by atoms with Crippen molar-refractivity contribution < 1.29 is 23.1 Å². The van der Waals surface area contributed by atoms with Gasteiger partial charge in [0.1, 0.15) is 16.3 Å². The summed E-state index contributed by atoms with van der Waals surface area (Å²) in [5.41, 5.74) is 4.11. The lowest BCUT2D eigenvalue weighted by atomic mass is 9.85. The first-order valence-corrected chi connectivity index (χ1v) is 10.0. The van der Waals surface area contributed by atoms with Crippen LogP contribution in [-0.4, -0.2) is 38.4 Å². The van der Waals surface area contributed by atoms with Crippen LogP contribution in [0.4, 0.5) is 18.9 Å². The number of alkyl halides is 2. The number of carbonyl (C=O) groups excluding carboxylic acids is 1. The summed E-state index contributed by atoms with van der Waals surface area (Å²) in [6.07, 6.45) is 1.30. The lowest BCUT2D eigenvalue weighted by Gasteiger charge is -2.32. The first-order chi connectivity index (χ1) is 14.0. The van der Waals surface area contributed by atoms with E-state index in [1.807, 2.05) is 0 Å². The second-order valence-electron chi connectivity index (χ2n) is 7.31. The fourth-order valence-electron chi connectivity index (χ4n) is 4.01. The van der Waals surface area contributed by atoms with Crippen LogP contribution in [0.2, 0.25) is 5.02 Å². The number of pyridine rings is 1. The number of hydrogen-bond donors (Lipinski definition) is 3. The maximum atomic E-state index is 14.7. The van der Waals surface area contributed by atoms with E-state index in [1.54, 1.807) is 0 Å². The highest BCUT2D eigenvalue weighted by Crippen LogP contribution is 2.74. The fraction of sp³-hybridized carbons (Fsp3) is 0.316. The zero-order chi connectivity index (χ0) is 21.9. The van der Waals surface area contributed by atoms with Gasteiger partial charge in [0.25, 0.3) is 11.8 Å². The molecule has 2 aliphatic rings. The Hall–Kier alpha value is -2.30. The summed E-state index contributed by atoms with van der Waals surface area (Å²) in [6, 6.07) is 6.49. The van der Waals surface area contributed by atoms with Gasteiger partial charge in [-0.1, -0.05) is 23.4 Å². The fourth-order valence-corrected chi connectivity index (χ4v) is 5.49. The largest absolute Gasteiger partial charge is 0.395 e. The molecule has 1 aromatic heterocycles. The van der Waals surface area contributed by atoms with Crippen LogP contribution < -0.4 is 11.1 Å². The van der Waals surface area contributed by atoms with Gasteiger partial charge < -0.3 is 16.2 Å². The minimum Gasteiger partial charge on any atom is -0.395 e. The topological polar surface area (TPSA) is 101 Å². The molecule has 0 bridgehead atoms. The van der Waals surface area contributed by atoms with Crippen molar-refractivity contribution in [2.75, 3.05) is 11.9 Å². The summed E-state index contributed by atoms with van der Waals surface area (Å²) >= 11 is 6.35. The Kier molecular flexibility index (Phi) is 4.79. The Morgan fingerprint density at radius 3 is 2.73 bits per heavy atom. The van der Waals surface area contributed by atoms with Gasteiger partial charge in [-0.25, -0.2) is 18.2 Å². The number of carbonyl (C=O) groups is 1. The zero-order valence-electron chi connectivity index (χ0n) is 15.5.